The summed E-state index contributed by atoms with van der Waals surface area (Å²) < 4.78 is 0. The second kappa shape index (κ2) is 4.14. The highest BCUT2D eigenvalue weighted by atomic mass is 16.4. The van der Waals surface area contributed by atoms with E-state index in [0.717, 1.165) is 5.56 Å². The Morgan fingerprint density at radius 1 is 1.40 bits per heavy atom. The van der Waals surface area contributed by atoms with Gasteiger partial charge in [-0.15, -0.1) is 0 Å². The van der Waals surface area contributed by atoms with Crippen molar-refractivity contribution in [3.05, 3.63) is 35.4 Å². The van der Waals surface area contributed by atoms with Crippen LogP contribution in [0.1, 0.15) is 31.4 Å². The van der Waals surface area contributed by atoms with Gasteiger partial charge in [0.2, 0.25) is 0 Å². The highest BCUT2D eigenvalue weighted by molar-refractivity contribution is 5.68. The Kier molecular flexibility index (Phi) is 3.11. The van der Waals surface area contributed by atoms with Crippen molar-refractivity contribution in [2.45, 2.75) is 25.7 Å². The van der Waals surface area contributed by atoms with Gasteiger partial charge in [0, 0.05) is 5.41 Å². The fourth-order valence-electron chi connectivity index (χ4n) is 1.48. The molecule has 0 saturated heterocycles. The number of nitrogens with zero attached hydrogens (tertiary/aromatic N) is 1. The van der Waals surface area contributed by atoms with Crippen LogP contribution in [-0.2, 0) is 10.2 Å². The molecule has 0 aromatic heterocycles. The van der Waals surface area contributed by atoms with E-state index in [1.54, 1.807) is 12.1 Å². The molecule has 0 bridgehead atoms. The third kappa shape index (κ3) is 2.81. The largest absolute Gasteiger partial charge is 0.481 e. The highest BCUT2D eigenvalue weighted by Gasteiger charge is 2.23. The number of nitriles is 1. The number of benzene rings is 1. The molecule has 0 amide bonds. The van der Waals surface area contributed by atoms with Gasteiger partial charge in [-0.3, -0.25) is 4.79 Å². The van der Waals surface area contributed by atoms with Gasteiger partial charge in [-0.25, -0.2) is 0 Å². The van der Waals surface area contributed by atoms with Gasteiger partial charge < -0.3 is 5.11 Å². The van der Waals surface area contributed by atoms with Crippen molar-refractivity contribution >= 4 is 5.97 Å². The van der Waals surface area contributed by atoms with E-state index in [0.29, 0.717) is 5.56 Å². The molecule has 1 N–H and O–H groups in total. The van der Waals surface area contributed by atoms with E-state index in [-0.39, 0.29) is 6.42 Å². The molecule has 0 radical (unpaired) electrons. The Bertz CT molecular complexity index is 399. The molecule has 0 unspecified atom stereocenters. The van der Waals surface area contributed by atoms with E-state index in [1.165, 1.54) is 0 Å². The summed E-state index contributed by atoms with van der Waals surface area (Å²) in [6.45, 7) is 3.75. The first kappa shape index (κ1) is 11.3. The van der Waals surface area contributed by atoms with Crippen molar-refractivity contribution in [2.75, 3.05) is 0 Å². The molecule has 3 nitrogen and oxygen atoms in total. The number of rotatable bonds is 3. The molecule has 78 valence electrons. The number of carbonyl (C=O) groups is 1. The van der Waals surface area contributed by atoms with E-state index in [9.17, 15) is 4.79 Å². The lowest BCUT2D eigenvalue weighted by molar-refractivity contribution is -0.138. The third-order valence-electron chi connectivity index (χ3n) is 2.39. The monoisotopic (exact) mass is 203 g/mol. The summed E-state index contributed by atoms with van der Waals surface area (Å²) in [6.07, 6.45) is 0.0822. The van der Waals surface area contributed by atoms with E-state index in [4.69, 9.17) is 10.4 Å². The van der Waals surface area contributed by atoms with Gasteiger partial charge in [-0.1, -0.05) is 26.0 Å². The predicted molar refractivity (Wildman–Crippen MR) is 56.4 cm³/mol. The first-order chi connectivity index (χ1) is 6.95. The summed E-state index contributed by atoms with van der Waals surface area (Å²) in [7, 11) is 0. The van der Waals surface area contributed by atoms with Gasteiger partial charge in [0.15, 0.2) is 0 Å². The lowest BCUT2D eigenvalue weighted by Gasteiger charge is -2.22. The summed E-state index contributed by atoms with van der Waals surface area (Å²) >= 11 is 0. The Hall–Kier alpha value is -1.82. The van der Waals surface area contributed by atoms with Crippen LogP contribution in [0.4, 0.5) is 0 Å². The molecule has 1 aromatic rings. The van der Waals surface area contributed by atoms with Crippen LogP contribution >= 0.6 is 0 Å². The quantitative estimate of drug-likeness (QED) is 0.819. The van der Waals surface area contributed by atoms with Crippen molar-refractivity contribution in [1.29, 1.82) is 5.26 Å². The van der Waals surface area contributed by atoms with Crippen LogP contribution in [0.3, 0.4) is 0 Å². The molecule has 0 atom stereocenters. The second-order valence-corrected chi connectivity index (χ2v) is 4.14. The number of carboxylic acid groups (broad SMARTS) is 1. The average molecular weight is 203 g/mol. The van der Waals surface area contributed by atoms with Gasteiger partial charge in [0.25, 0.3) is 0 Å². The first-order valence-corrected chi connectivity index (χ1v) is 4.68. The van der Waals surface area contributed by atoms with Crippen LogP contribution in [0.15, 0.2) is 24.3 Å². The summed E-state index contributed by atoms with van der Waals surface area (Å²) in [4.78, 5) is 10.7. The van der Waals surface area contributed by atoms with Crippen molar-refractivity contribution < 1.29 is 9.90 Å². The van der Waals surface area contributed by atoms with Gasteiger partial charge in [0.1, 0.15) is 0 Å². The minimum atomic E-state index is -0.815. The minimum Gasteiger partial charge on any atom is -0.481 e. The third-order valence-corrected chi connectivity index (χ3v) is 2.39. The Balaban J connectivity index is 2.95. The summed E-state index contributed by atoms with van der Waals surface area (Å²) in [6, 6.07) is 9.06. The zero-order valence-corrected chi connectivity index (χ0v) is 8.82. The lowest BCUT2D eigenvalue weighted by Crippen LogP contribution is -2.21. The molecule has 0 fully saturated rings. The molecule has 3 heteroatoms. The maximum absolute atomic E-state index is 10.7. The van der Waals surface area contributed by atoms with Crippen LogP contribution in [0.25, 0.3) is 0 Å². The molecule has 0 saturated carbocycles. The molecule has 1 rings (SSSR count). The molecule has 1 aromatic carbocycles. The van der Waals surface area contributed by atoms with Crippen LogP contribution in [0, 0.1) is 11.3 Å². The molecule has 15 heavy (non-hydrogen) atoms. The molecule has 0 aliphatic carbocycles. The fraction of sp³-hybridized carbons (Fsp3) is 0.333. The SMILES string of the molecule is CC(C)(CC(=O)O)c1ccc(C#N)cc1. The maximum atomic E-state index is 10.7. The Labute approximate surface area is 89.0 Å². The fourth-order valence-corrected chi connectivity index (χ4v) is 1.48. The zero-order valence-electron chi connectivity index (χ0n) is 8.82. The Morgan fingerprint density at radius 3 is 2.33 bits per heavy atom. The van der Waals surface area contributed by atoms with Crippen molar-refractivity contribution in [1.82, 2.24) is 0 Å². The number of hydrogen-bond acceptors (Lipinski definition) is 2. The molecule has 0 aliphatic heterocycles. The van der Waals surface area contributed by atoms with Crippen LogP contribution < -0.4 is 0 Å². The topological polar surface area (TPSA) is 61.1 Å². The van der Waals surface area contributed by atoms with E-state index in [2.05, 4.69) is 0 Å². The smallest absolute Gasteiger partial charge is 0.304 e. The molecule has 0 aliphatic rings. The lowest BCUT2D eigenvalue weighted by atomic mass is 9.81. The zero-order chi connectivity index (χ0) is 11.5. The van der Waals surface area contributed by atoms with E-state index >= 15 is 0 Å². The van der Waals surface area contributed by atoms with Crippen molar-refractivity contribution in [2.24, 2.45) is 0 Å². The summed E-state index contributed by atoms with van der Waals surface area (Å²) in [5.41, 5.74) is 1.12. The maximum Gasteiger partial charge on any atom is 0.304 e. The van der Waals surface area contributed by atoms with Gasteiger partial charge in [-0.05, 0) is 17.7 Å². The van der Waals surface area contributed by atoms with Crippen LogP contribution in [0.5, 0.6) is 0 Å². The predicted octanol–water partition coefficient (Wildman–Crippen LogP) is 2.31. The number of carboxylic acids is 1. The van der Waals surface area contributed by atoms with Crippen LogP contribution in [0.2, 0.25) is 0 Å². The molecule has 0 heterocycles. The van der Waals surface area contributed by atoms with Gasteiger partial charge in [0.05, 0.1) is 18.1 Å². The Morgan fingerprint density at radius 2 is 1.93 bits per heavy atom. The van der Waals surface area contributed by atoms with E-state index < -0.39 is 11.4 Å². The van der Waals surface area contributed by atoms with E-state index in [1.807, 2.05) is 32.0 Å². The average Bonchev–Trinajstić information content (AvgIpc) is 2.16. The van der Waals surface area contributed by atoms with Gasteiger partial charge in [-0.2, -0.15) is 5.26 Å². The van der Waals surface area contributed by atoms with Gasteiger partial charge >= 0.3 is 5.97 Å². The minimum absolute atomic E-state index is 0.0822. The van der Waals surface area contributed by atoms with Crippen molar-refractivity contribution in [3.8, 4) is 6.07 Å². The first-order valence-electron chi connectivity index (χ1n) is 4.68. The number of hydrogen-bond donors (Lipinski definition) is 1. The summed E-state index contributed by atoms with van der Waals surface area (Å²) in [5, 5.41) is 17.4. The molecular formula is C12H13NO2. The summed E-state index contributed by atoms with van der Waals surface area (Å²) in [5.74, 6) is -0.815. The van der Waals surface area contributed by atoms with Crippen molar-refractivity contribution in [3.63, 3.8) is 0 Å². The second-order valence-electron chi connectivity index (χ2n) is 4.14. The number of aliphatic carboxylic acids is 1. The van der Waals surface area contributed by atoms with Crippen LogP contribution in [-0.4, -0.2) is 11.1 Å². The normalized spacial score (nSPS) is 10.7. The molecule has 0 spiro atoms. The standard InChI is InChI=1S/C12H13NO2/c1-12(2,7-11(14)15)10-5-3-9(8-13)4-6-10/h3-6H,7H2,1-2H3,(H,14,15). The highest BCUT2D eigenvalue weighted by Crippen LogP contribution is 2.26. The molecular weight excluding hydrogens is 190 g/mol.